The Kier molecular flexibility index (Phi) is 9.17. The number of hydrogen-bond acceptors (Lipinski definition) is 12. The number of aliphatic hydroxyl groups is 2. The number of benzene rings is 2. The Morgan fingerprint density at radius 3 is 1.79 bits per heavy atom. The van der Waals surface area contributed by atoms with Crippen molar-refractivity contribution in [3.8, 4) is 23.0 Å². The average Bonchev–Trinajstić information content (AvgIpc) is 2.90. The minimum atomic E-state index is -2.23. The molecule has 0 spiro atoms. The van der Waals surface area contributed by atoms with Gasteiger partial charge in [0.1, 0.15) is 18.3 Å². The van der Waals surface area contributed by atoms with Gasteiger partial charge in [-0.2, -0.15) is 0 Å². The summed E-state index contributed by atoms with van der Waals surface area (Å²) in [6.45, 7) is 0. The molecule has 12 nitrogen and oxygen atoms in total. The Balaban J connectivity index is 1.73. The molecule has 0 aromatic heterocycles. The largest absolute Gasteiger partial charge is 0.504 e. The quantitative estimate of drug-likeness (QED) is 0.139. The van der Waals surface area contributed by atoms with E-state index in [-0.39, 0.29) is 17.2 Å². The van der Waals surface area contributed by atoms with Gasteiger partial charge in [-0.3, -0.25) is 0 Å². The minimum Gasteiger partial charge on any atom is -0.504 e. The Hall–Kier alpha value is -4.55. The van der Waals surface area contributed by atoms with Crippen LogP contribution < -0.4 is 4.74 Å². The number of ether oxygens (including phenoxy) is 4. The second kappa shape index (κ2) is 12.3. The lowest BCUT2D eigenvalue weighted by Crippen LogP contribution is -2.58. The zero-order valence-corrected chi connectivity index (χ0v) is 21.0. The van der Waals surface area contributed by atoms with Crippen LogP contribution in [0.15, 0.2) is 48.6 Å². The molecule has 1 fully saturated rings. The van der Waals surface area contributed by atoms with Crippen LogP contribution in [0, 0.1) is 0 Å². The third kappa shape index (κ3) is 7.27. The zero-order chi connectivity index (χ0) is 28.7. The fourth-order valence-electron chi connectivity index (χ4n) is 3.97. The van der Waals surface area contributed by atoms with Crippen molar-refractivity contribution in [1.82, 2.24) is 0 Å². The highest BCUT2D eigenvalue weighted by atomic mass is 16.6. The van der Waals surface area contributed by atoms with Gasteiger partial charge in [0.25, 0.3) is 0 Å². The van der Waals surface area contributed by atoms with Crippen molar-refractivity contribution in [1.29, 1.82) is 0 Å². The van der Waals surface area contributed by atoms with Crippen molar-refractivity contribution >= 4 is 30.1 Å². The van der Waals surface area contributed by atoms with Gasteiger partial charge in [0.05, 0.1) is 14.2 Å². The number of hydrogen-bond donors (Lipinski definition) is 5. The van der Waals surface area contributed by atoms with Crippen molar-refractivity contribution in [2.45, 2.75) is 36.8 Å². The van der Waals surface area contributed by atoms with Crippen molar-refractivity contribution in [2.24, 2.45) is 0 Å². The lowest BCUT2D eigenvalue weighted by Gasteiger charge is -2.41. The van der Waals surface area contributed by atoms with Gasteiger partial charge in [0, 0.05) is 25.0 Å². The Morgan fingerprint density at radius 1 is 0.821 bits per heavy atom. The lowest BCUT2D eigenvalue weighted by molar-refractivity contribution is -0.204. The van der Waals surface area contributed by atoms with E-state index in [0.717, 1.165) is 19.3 Å². The van der Waals surface area contributed by atoms with E-state index in [1.165, 1.54) is 49.6 Å². The first-order valence-electron chi connectivity index (χ1n) is 11.6. The molecule has 1 saturated carbocycles. The summed E-state index contributed by atoms with van der Waals surface area (Å²) in [6.07, 6.45) is -1.01. The summed E-state index contributed by atoms with van der Waals surface area (Å²) in [4.78, 5) is 37.2. The molecule has 2 aromatic carbocycles. The molecule has 0 amide bonds. The number of carbonyl (C=O) groups excluding carboxylic acids is 3. The van der Waals surface area contributed by atoms with E-state index in [0.29, 0.717) is 11.1 Å². The van der Waals surface area contributed by atoms with Crippen LogP contribution in [0.25, 0.3) is 12.2 Å². The summed E-state index contributed by atoms with van der Waals surface area (Å²) in [7, 11) is 2.42. The summed E-state index contributed by atoms with van der Waals surface area (Å²) in [5.74, 6) is -3.65. The van der Waals surface area contributed by atoms with E-state index < -0.39 is 60.4 Å². The molecule has 0 saturated heterocycles. The number of aliphatic hydroxyl groups excluding tert-OH is 1. The van der Waals surface area contributed by atoms with Crippen LogP contribution in [0.1, 0.15) is 24.0 Å². The lowest BCUT2D eigenvalue weighted by atomic mass is 9.79. The fraction of sp³-hybridized carbons (Fsp3) is 0.296. The number of aromatic hydroxyl groups is 3. The van der Waals surface area contributed by atoms with Crippen LogP contribution in [-0.4, -0.2) is 81.6 Å². The van der Waals surface area contributed by atoms with Crippen LogP contribution >= 0.6 is 0 Å². The average molecular weight is 545 g/mol. The summed E-state index contributed by atoms with van der Waals surface area (Å²) >= 11 is 0. The molecular formula is C27H28O12. The molecule has 39 heavy (non-hydrogen) atoms. The van der Waals surface area contributed by atoms with E-state index in [1.54, 1.807) is 6.07 Å². The van der Waals surface area contributed by atoms with Crippen LogP contribution in [0.5, 0.6) is 23.0 Å². The van der Waals surface area contributed by atoms with Gasteiger partial charge >= 0.3 is 17.9 Å². The van der Waals surface area contributed by atoms with Crippen LogP contribution in [-0.2, 0) is 28.6 Å². The number of rotatable bonds is 8. The van der Waals surface area contributed by atoms with Crippen LogP contribution in [0.2, 0.25) is 0 Å². The maximum absolute atomic E-state index is 12.5. The first-order chi connectivity index (χ1) is 18.4. The molecule has 4 atom stereocenters. The highest BCUT2D eigenvalue weighted by molar-refractivity contribution is 5.88. The molecule has 12 heteroatoms. The van der Waals surface area contributed by atoms with E-state index in [4.69, 9.17) is 14.2 Å². The summed E-state index contributed by atoms with van der Waals surface area (Å²) in [5.41, 5.74) is -1.45. The van der Waals surface area contributed by atoms with Crippen molar-refractivity contribution in [3.63, 3.8) is 0 Å². The topological polar surface area (TPSA) is 189 Å². The van der Waals surface area contributed by atoms with Crippen molar-refractivity contribution in [3.05, 3.63) is 59.7 Å². The van der Waals surface area contributed by atoms with Gasteiger partial charge in [0.15, 0.2) is 28.6 Å². The van der Waals surface area contributed by atoms with Crippen molar-refractivity contribution < 1.29 is 58.9 Å². The normalized spacial score (nSPS) is 22.9. The number of phenols is 3. The molecule has 1 aliphatic rings. The monoisotopic (exact) mass is 544 g/mol. The first kappa shape index (κ1) is 29.0. The highest BCUT2D eigenvalue weighted by Crippen LogP contribution is 2.34. The summed E-state index contributed by atoms with van der Waals surface area (Å²) < 4.78 is 20.1. The second-order valence-electron chi connectivity index (χ2n) is 8.72. The fourth-order valence-corrected chi connectivity index (χ4v) is 3.97. The maximum Gasteiger partial charge on any atom is 0.338 e. The molecule has 0 aliphatic heterocycles. The molecule has 0 heterocycles. The molecule has 5 N–H and O–H groups in total. The van der Waals surface area contributed by atoms with E-state index in [1.807, 2.05) is 0 Å². The number of esters is 3. The molecule has 208 valence electrons. The standard InChI is InChI=1S/C27H28O12/c1-36-20-8-4-16(12-19(20)30)6-10-24(32)39-22-14-27(35,26(34)37-2)13-21(25(22)33)38-23(31)9-5-15-3-7-17(28)18(29)11-15/h3-12,21-22,25,28-30,33,35H,13-14H2,1-2H3/b9-5+,10-6+/t21-,22-,25-,27+/m1/s1. The minimum absolute atomic E-state index is 0.153. The SMILES string of the molecule is COC(=O)[C@]1(O)C[C@@H](OC(=O)/C=C/c2ccc(O)c(O)c2)[C@@H](O)[C@H](OC(=O)/C=C/c2ccc(OC)c(O)c2)C1. The van der Waals surface area contributed by atoms with Gasteiger partial charge in [-0.1, -0.05) is 12.1 Å². The van der Waals surface area contributed by atoms with Gasteiger partial charge in [0.2, 0.25) is 0 Å². The maximum atomic E-state index is 12.5. The molecule has 0 bridgehead atoms. The zero-order valence-electron chi connectivity index (χ0n) is 21.0. The number of methoxy groups -OCH3 is 2. The third-order valence-corrected chi connectivity index (χ3v) is 5.97. The van der Waals surface area contributed by atoms with Gasteiger partial charge < -0.3 is 44.5 Å². The van der Waals surface area contributed by atoms with Gasteiger partial charge in [-0.05, 0) is 47.5 Å². The third-order valence-electron chi connectivity index (χ3n) is 5.97. The van der Waals surface area contributed by atoms with E-state index in [2.05, 4.69) is 4.74 Å². The first-order valence-corrected chi connectivity index (χ1v) is 11.6. The van der Waals surface area contributed by atoms with Crippen LogP contribution in [0.3, 0.4) is 0 Å². The Bertz CT molecular complexity index is 1280. The van der Waals surface area contributed by atoms with Gasteiger partial charge in [-0.25, -0.2) is 14.4 Å². The van der Waals surface area contributed by atoms with E-state index >= 15 is 0 Å². The summed E-state index contributed by atoms with van der Waals surface area (Å²) in [5, 5.41) is 50.5. The smallest absolute Gasteiger partial charge is 0.338 e. The molecule has 3 rings (SSSR count). The number of carbonyl (C=O) groups is 3. The van der Waals surface area contributed by atoms with E-state index in [9.17, 15) is 39.9 Å². The Labute approximate surface area is 222 Å². The predicted octanol–water partition coefficient (Wildman–Crippen LogP) is 1.42. The predicted molar refractivity (Wildman–Crippen MR) is 134 cm³/mol. The van der Waals surface area contributed by atoms with Crippen molar-refractivity contribution in [2.75, 3.05) is 14.2 Å². The molecule has 1 aliphatic carbocycles. The number of phenolic OH excluding ortho intramolecular Hbond substituents is 3. The van der Waals surface area contributed by atoms with Crippen LogP contribution in [0.4, 0.5) is 0 Å². The molecule has 2 aromatic rings. The Morgan fingerprint density at radius 2 is 1.33 bits per heavy atom. The van der Waals surface area contributed by atoms with Gasteiger partial charge in [-0.15, -0.1) is 0 Å². The summed E-state index contributed by atoms with van der Waals surface area (Å²) in [6, 6.07) is 8.22. The second-order valence-corrected chi connectivity index (χ2v) is 8.72. The molecule has 0 radical (unpaired) electrons. The molecular weight excluding hydrogens is 516 g/mol. The highest BCUT2D eigenvalue weighted by Gasteiger charge is 2.52. The molecule has 0 unspecified atom stereocenters.